The third-order valence-corrected chi connectivity index (χ3v) is 6.52. The average Bonchev–Trinajstić information content (AvgIpc) is 2.66. The largest absolute Gasteiger partial charge is 0.385 e. The summed E-state index contributed by atoms with van der Waals surface area (Å²) in [6.45, 7) is 4.10. The van der Waals surface area contributed by atoms with Crippen molar-refractivity contribution in [2.24, 2.45) is 5.92 Å². The molecule has 30 heavy (non-hydrogen) atoms. The SMILES string of the molecule is CS(=O)(=O)c1ccc(CC2CCN(CCCNc3cccc(F)c3)CC2)cc1.Cl.Cl. The monoisotopic (exact) mass is 476 g/mol. The molecule has 4 nitrogen and oxygen atoms in total. The Labute approximate surface area is 192 Å². The Bertz CT molecular complexity index is 871. The fourth-order valence-electron chi connectivity index (χ4n) is 3.75. The lowest BCUT2D eigenvalue weighted by Crippen LogP contribution is -2.35. The highest BCUT2D eigenvalue weighted by Gasteiger charge is 2.19. The summed E-state index contributed by atoms with van der Waals surface area (Å²) in [5.74, 6) is 0.448. The van der Waals surface area contributed by atoms with Crippen molar-refractivity contribution in [3.05, 3.63) is 59.9 Å². The molecule has 1 N–H and O–H groups in total. The van der Waals surface area contributed by atoms with Crippen molar-refractivity contribution in [3.8, 4) is 0 Å². The van der Waals surface area contributed by atoms with Gasteiger partial charge in [-0.2, -0.15) is 0 Å². The predicted octanol–water partition coefficient (Wildman–Crippen LogP) is 4.83. The van der Waals surface area contributed by atoms with E-state index in [1.165, 1.54) is 36.8 Å². The first kappa shape index (κ1) is 26.7. The highest BCUT2D eigenvalue weighted by atomic mass is 35.5. The Balaban J connectivity index is 0.00000225. The zero-order valence-electron chi connectivity index (χ0n) is 17.2. The van der Waals surface area contributed by atoms with Gasteiger partial charge in [0.25, 0.3) is 0 Å². The molecule has 2 aromatic rings. The molecule has 0 aliphatic carbocycles. The number of sulfone groups is 1. The standard InChI is InChI=1S/C22H29FN2O2S.2ClH/c1-28(26,27)22-8-6-18(7-9-22)16-19-10-14-25(15-11-19)13-3-12-24-21-5-2-4-20(23)17-21;;/h2,4-9,17,19,24H,3,10-16H2,1H3;2*1H. The molecule has 168 valence electrons. The second kappa shape index (κ2) is 12.5. The summed E-state index contributed by atoms with van der Waals surface area (Å²) >= 11 is 0. The van der Waals surface area contributed by atoms with E-state index in [9.17, 15) is 12.8 Å². The topological polar surface area (TPSA) is 49.4 Å². The van der Waals surface area contributed by atoms with Crippen LogP contribution in [0.3, 0.4) is 0 Å². The lowest BCUT2D eigenvalue weighted by atomic mass is 9.90. The molecule has 0 bridgehead atoms. The van der Waals surface area contributed by atoms with E-state index in [2.05, 4.69) is 10.2 Å². The molecule has 0 radical (unpaired) electrons. The van der Waals surface area contributed by atoms with Crippen LogP contribution >= 0.6 is 24.8 Å². The molecule has 0 aromatic heterocycles. The van der Waals surface area contributed by atoms with Crippen LogP contribution in [-0.4, -0.2) is 45.8 Å². The second-order valence-electron chi connectivity index (χ2n) is 7.70. The molecule has 1 aliphatic rings. The van der Waals surface area contributed by atoms with E-state index in [1.807, 2.05) is 18.2 Å². The van der Waals surface area contributed by atoms with Crippen molar-refractivity contribution in [3.63, 3.8) is 0 Å². The number of nitrogens with zero attached hydrogens (tertiary/aromatic N) is 1. The quantitative estimate of drug-likeness (QED) is 0.554. The summed E-state index contributed by atoms with van der Waals surface area (Å²) < 4.78 is 36.3. The average molecular weight is 477 g/mol. The van der Waals surface area contributed by atoms with Crippen LogP contribution in [0.15, 0.2) is 53.4 Å². The Morgan fingerprint density at radius 3 is 2.33 bits per heavy atom. The molecule has 1 fully saturated rings. The maximum atomic E-state index is 13.2. The van der Waals surface area contributed by atoms with Crippen LogP contribution in [0.2, 0.25) is 0 Å². The van der Waals surface area contributed by atoms with Gasteiger partial charge in [0.15, 0.2) is 9.84 Å². The minimum Gasteiger partial charge on any atom is -0.385 e. The molecule has 3 rings (SSSR count). The number of nitrogens with one attached hydrogen (secondary N) is 1. The number of halogens is 3. The summed E-state index contributed by atoms with van der Waals surface area (Å²) in [6, 6.07) is 13.9. The van der Waals surface area contributed by atoms with Gasteiger partial charge in [0, 0.05) is 18.5 Å². The van der Waals surface area contributed by atoms with Crippen molar-refractivity contribution in [2.75, 3.05) is 37.8 Å². The van der Waals surface area contributed by atoms with Crippen LogP contribution in [-0.2, 0) is 16.3 Å². The zero-order valence-corrected chi connectivity index (χ0v) is 19.7. The maximum absolute atomic E-state index is 13.2. The fourth-order valence-corrected chi connectivity index (χ4v) is 4.38. The molecule has 1 heterocycles. The third-order valence-electron chi connectivity index (χ3n) is 5.39. The Kier molecular flexibility index (Phi) is 11.1. The van der Waals surface area contributed by atoms with E-state index in [1.54, 1.807) is 18.2 Å². The smallest absolute Gasteiger partial charge is 0.175 e. The molecule has 8 heteroatoms. The van der Waals surface area contributed by atoms with Gasteiger partial charge in [0.05, 0.1) is 4.90 Å². The molecule has 1 aliphatic heterocycles. The van der Waals surface area contributed by atoms with E-state index < -0.39 is 9.84 Å². The molecule has 0 saturated carbocycles. The Morgan fingerprint density at radius 2 is 1.73 bits per heavy atom. The van der Waals surface area contributed by atoms with Gasteiger partial charge in [-0.25, -0.2) is 12.8 Å². The minimum absolute atomic E-state index is 0. The fraction of sp³-hybridized carbons (Fsp3) is 0.455. The first-order valence-corrected chi connectivity index (χ1v) is 11.8. The van der Waals surface area contributed by atoms with Gasteiger partial charge in [-0.1, -0.05) is 18.2 Å². The van der Waals surface area contributed by atoms with Crippen molar-refractivity contribution in [1.29, 1.82) is 0 Å². The number of rotatable bonds is 8. The number of hydrogen-bond acceptors (Lipinski definition) is 4. The number of piperidine rings is 1. The van der Waals surface area contributed by atoms with E-state index in [0.29, 0.717) is 10.8 Å². The summed E-state index contributed by atoms with van der Waals surface area (Å²) in [7, 11) is -3.12. The van der Waals surface area contributed by atoms with E-state index in [0.717, 1.165) is 44.7 Å². The second-order valence-corrected chi connectivity index (χ2v) is 9.71. The van der Waals surface area contributed by atoms with E-state index in [-0.39, 0.29) is 30.6 Å². The van der Waals surface area contributed by atoms with Gasteiger partial charge >= 0.3 is 0 Å². The highest BCUT2D eigenvalue weighted by Crippen LogP contribution is 2.22. The molecule has 1 saturated heterocycles. The van der Waals surface area contributed by atoms with E-state index in [4.69, 9.17) is 0 Å². The summed E-state index contributed by atoms with van der Waals surface area (Å²) in [5, 5.41) is 3.27. The molecule has 0 unspecified atom stereocenters. The summed E-state index contributed by atoms with van der Waals surface area (Å²) in [4.78, 5) is 2.88. The zero-order chi connectivity index (χ0) is 20.0. The van der Waals surface area contributed by atoms with E-state index >= 15 is 0 Å². The molecule has 2 aromatic carbocycles. The van der Waals surface area contributed by atoms with Crippen LogP contribution in [0.1, 0.15) is 24.8 Å². The van der Waals surface area contributed by atoms with Gasteiger partial charge < -0.3 is 10.2 Å². The number of anilines is 1. The van der Waals surface area contributed by atoms with Crippen LogP contribution in [0.25, 0.3) is 0 Å². The molecule has 0 atom stereocenters. The maximum Gasteiger partial charge on any atom is 0.175 e. The lowest BCUT2D eigenvalue weighted by Gasteiger charge is -2.32. The van der Waals surface area contributed by atoms with Gasteiger partial charge in [-0.3, -0.25) is 0 Å². The van der Waals surface area contributed by atoms with Crippen LogP contribution < -0.4 is 5.32 Å². The number of likely N-dealkylation sites (tertiary alicyclic amines) is 1. The Hall–Kier alpha value is -1.34. The van der Waals surface area contributed by atoms with Crippen LogP contribution in [0, 0.1) is 11.7 Å². The normalized spacial score (nSPS) is 15.1. The highest BCUT2D eigenvalue weighted by molar-refractivity contribution is 7.90. The van der Waals surface area contributed by atoms with Crippen molar-refractivity contribution in [1.82, 2.24) is 4.90 Å². The first-order chi connectivity index (χ1) is 13.4. The van der Waals surface area contributed by atoms with Gasteiger partial charge in [0.1, 0.15) is 5.82 Å². The van der Waals surface area contributed by atoms with Crippen molar-refractivity contribution < 1.29 is 12.8 Å². The van der Waals surface area contributed by atoms with Crippen LogP contribution in [0.4, 0.5) is 10.1 Å². The number of benzene rings is 2. The Morgan fingerprint density at radius 1 is 1.07 bits per heavy atom. The van der Waals surface area contributed by atoms with Crippen LogP contribution in [0.5, 0.6) is 0 Å². The molecular weight excluding hydrogens is 446 g/mol. The van der Waals surface area contributed by atoms with Gasteiger partial charge in [-0.15, -0.1) is 24.8 Å². The molecule has 0 amide bonds. The predicted molar refractivity (Wildman–Crippen MR) is 126 cm³/mol. The van der Waals surface area contributed by atoms with Crippen molar-refractivity contribution >= 4 is 40.3 Å². The van der Waals surface area contributed by atoms with Gasteiger partial charge in [0.2, 0.25) is 0 Å². The first-order valence-electron chi connectivity index (χ1n) is 9.91. The minimum atomic E-state index is -3.12. The van der Waals surface area contributed by atoms with Gasteiger partial charge in [-0.05, 0) is 87.1 Å². The lowest BCUT2D eigenvalue weighted by molar-refractivity contribution is 0.183. The summed E-state index contributed by atoms with van der Waals surface area (Å²) in [6.07, 6.45) is 5.63. The van der Waals surface area contributed by atoms with Crippen molar-refractivity contribution in [2.45, 2.75) is 30.6 Å². The number of hydrogen-bond donors (Lipinski definition) is 1. The summed E-state index contributed by atoms with van der Waals surface area (Å²) in [5.41, 5.74) is 2.05. The molecular formula is C22H31Cl2FN2O2S. The third kappa shape index (κ3) is 8.42. The molecule has 0 spiro atoms.